The Morgan fingerprint density at radius 2 is 2.00 bits per heavy atom. The van der Waals surface area contributed by atoms with Gasteiger partial charge in [-0.05, 0) is 53.5 Å². The van der Waals surface area contributed by atoms with Crippen LogP contribution in [0.3, 0.4) is 0 Å². The number of ether oxygens (including phenoxy) is 1. The van der Waals surface area contributed by atoms with Crippen LogP contribution in [-0.2, 0) is 9.59 Å². The standard InChI is InChI=1S/C14H15BrO5/c1-14(2,13(18)19)8-20-11-5-3-9(7-10(11)15)4-6-12(16)17/h3-7H,8H2,1-2H3,(H,16,17)(H,18,19). The molecule has 0 radical (unpaired) electrons. The first kappa shape index (κ1) is 16.2. The lowest BCUT2D eigenvalue weighted by molar-refractivity contribution is -0.148. The summed E-state index contributed by atoms with van der Waals surface area (Å²) in [4.78, 5) is 21.4. The molecule has 0 aliphatic rings. The van der Waals surface area contributed by atoms with Crippen LogP contribution < -0.4 is 4.74 Å². The van der Waals surface area contributed by atoms with Gasteiger partial charge in [-0.3, -0.25) is 4.79 Å². The largest absolute Gasteiger partial charge is 0.491 e. The number of carboxylic acid groups (broad SMARTS) is 2. The zero-order valence-electron chi connectivity index (χ0n) is 11.1. The number of hydrogen-bond acceptors (Lipinski definition) is 3. The van der Waals surface area contributed by atoms with Crippen LogP contribution in [0.15, 0.2) is 28.7 Å². The van der Waals surface area contributed by atoms with Gasteiger partial charge in [-0.2, -0.15) is 0 Å². The molecule has 108 valence electrons. The Kier molecular flexibility index (Phi) is 5.33. The Bertz CT molecular complexity index is 548. The molecule has 0 atom stereocenters. The third-order valence-corrected chi connectivity index (χ3v) is 3.16. The van der Waals surface area contributed by atoms with E-state index < -0.39 is 17.4 Å². The lowest BCUT2D eigenvalue weighted by atomic mass is 9.95. The van der Waals surface area contributed by atoms with Gasteiger partial charge in [-0.15, -0.1) is 0 Å². The summed E-state index contributed by atoms with van der Waals surface area (Å²) in [5, 5.41) is 17.5. The average Bonchev–Trinajstić information content (AvgIpc) is 2.35. The summed E-state index contributed by atoms with van der Waals surface area (Å²) in [6, 6.07) is 5.04. The maximum Gasteiger partial charge on any atom is 0.328 e. The number of hydrogen-bond donors (Lipinski definition) is 2. The summed E-state index contributed by atoms with van der Waals surface area (Å²) in [6.07, 6.45) is 2.49. The van der Waals surface area contributed by atoms with Gasteiger partial charge in [0.1, 0.15) is 12.4 Å². The monoisotopic (exact) mass is 342 g/mol. The zero-order chi connectivity index (χ0) is 15.3. The summed E-state index contributed by atoms with van der Waals surface area (Å²) in [7, 11) is 0. The maximum atomic E-state index is 11.0. The van der Waals surface area contributed by atoms with Crippen LogP contribution in [0.25, 0.3) is 6.08 Å². The van der Waals surface area contributed by atoms with Crippen molar-refractivity contribution in [2.24, 2.45) is 5.41 Å². The van der Waals surface area contributed by atoms with Crippen LogP contribution in [0.5, 0.6) is 5.75 Å². The van der Waals surface area contributed by atoms with Crippen LogP contribution in [0.2, 0.25) is 0 Å². The van der Waals surface area contributed by atoms with Gasteiger partial charge in [0, 0.05) is 6.08 Å². The predicted octanol–water partition coefficient (Wildman–Crippen LogP) is 3.04. The highest BCUT2D eigenvalue weighted by Crippen LogP contribution is 2.28. The zero-order valence-corrected chi connectivity index (χ0v) is 12.7. The minimum atomic E-state index is -1.02. The number of carbonyl (C=O) groups is 2. The highest BCUT2D eigenvalue weighted by molar-refractivity contribution is 9.10. The van der Waals surface area contributed by atoms with Crippen molar-refractivity contribution in [1.82, 2.24) is 0 Å². The molecule has 0 amide bonds. The van der Waals surface area contributed by atoms with Crippen LogP contribution in [0.4, 0.5) is 0 Å². The smallest absolute Gasteiger partial charge is 0.328 e. The quantitative estimate of drug-likeness (QED) is 0.776. The number of benzene rings is 1. The van der Waals surface area contributed by atoms with Crippen LogP contribution in [0, 0.1) is 5.41 Å². The Balaban J connectivity index is 2.79. The molecule has 0 heterocycles. The summed E-state index contributed by atoms with van der Waals surface area (Å²) in [5.74, 6) is -1.45. The molecule has 6 heteroatoms. The molecule has 0 spiro atoms. The number of aliphatic carboxylic acids is 2. The van der Waals surface area contributed by atoms with Crippen molar-refractivity contribution in [2.75, 3.05) is 6.61 Å². The fourth-order valence-corrected chi connectivity index (χ4v) is 1.74. The molecule has 2 N–H and O–H groups in total. The van der Waals surface area contributed by atoms with E-state index in [-0.39, 0.29) is 6.61 Å². The topological polar surface area (TPSA) is 83.8 Å². The molecule has 0 bridgehead atoms. The summed E-state index contributed by atoms with van der Waals surface area (Å²) in [6.45, 7) is 3.19. The van der Waals surface area contributed by atoms with Crippen LogP contribution >= 0.6 is 15.9 Å². The molecule has 0 aliphatic heterocycles. The maximum absolute atomic E-state index is 11.0. The summed E-state index contributed by atoms with van der Waals surface area (Å²) < 4.78 is 6.11. The first-order chi connectivity index (χ1) is 9.22. The molecule has 1 aromatic rings. The van der Waals surface area contributed by atoms with Gasteiger partial charge in [0.2, 0.25) is 0 Å². The van der Waals surface area contributed by atoms with E-state index in [0.29, 0.717) is 15.8 Å². The lowest BCUT2D eigenvalue weighted by Crippen LogP contribution is -2.30. The van der Waals surface area contributed by atoms with E-state index in [9.17, 15) is 9.59 Å². The fraction of sp³-hybridized carbons (Fsp3) is 0.286. The van der Waals surface area contributed by atoms with Crippen molar-refractivity contribution in [3.8, 4) is 5.75 Å². The normalized spacial score (nSPS) is 11.6. The van der Waals surface area contributed by atoms with E-state index in [1.807, 2.05) is 0 Å². The fourth-order valence-electron chi connectivity index (χ4n) is 1.23. The van der Waals surface area contributed by atoms with Crippen molar-refractivity contribution in [1.29, 1.82) is 0 Å². The summed E-state index contributed by atoms with van der Waals surface area (Å²) >= 11 is 3.31. The Morgan fingerprint density at radius 1 is 1.35 bits per heavy atom. The average molecular weight is 343 g/mol. The van der Waals surface area contributed by atoms with E-state index >= 15 is 0 Å². The second kappa shape index (κ2) is 6.56. The number of carboxylic acids is 2. The third kappa shape index (κ3) is 4.70. The SMILES string of the molecule is CC(C)(COc1ccc(C=CC(=O)O)cc1Br)C(=O)O. The van der Waals surface area contributed by atoms with E-state index in [1.165, 1.54) is 6.08 Å². The molecule has 1 rings (SSSR count). The Labute approximate surface area is 125 Å². The summed E-state index contributed by atoms with van der Waals surface area (Å²) in [5.41, 5.74) is -0.287. The Hall–Kier alpha value is -1.82. The van der Waals surface area contributed by atoms with Gasteiger partial charge in [-0.25, -0.2) is 4.79 Å². The molecule has 0 aliphatic carbocycles. The molecule has 0 fully saturated rings. The minimum Gasteiger partial charge on any atom is -0.491 e. The molecule has 0 unspecified atom stereocenters. The second-order valence-electron chi connectivity index (χ2n) is 4.84. The minimum absolute atomic E-state index is 0.0330. The molecule has 0 aromatic heterocycles. The van der Waals surface area contributed by atoms with Gasteiger partial charge in [0.05, 0.1) is 9.89 Å². The molecule has 20 heavy (non-hydrogen) atoms. The molecular weight excluding hydrogens is 328 g/mol. The van der Waals surface area contributed by atoms with Crippen molar-refractivity contribution in [2.45, 2.75) is 13.8 Å². The van der Waals surface area contributed by atoms with Gasteiger partial charge < -0.3 is 14.9 Å². The van der Waals surface area contributed by atoms with Crippen molar-refractivity contribution < 1.29 is 24.5 Å². The van der Waals surface area contributed by atoms with Gasteiger partial charge in [0.25, 0.3) is 0 Å². The van der Waals surface area contributed by atoms with Crippen molar-refractivity contribution >= 4 is 33.9 Å². The van der Waals surface area contributed by atoms with E-state index in [4.69, 9.17) is 14.9 Å². The van der Waals surface area contributed by atoms with Crippen LogP contribution in [0.1, 0.15) is 19.4 Å². The van der Waals surface area contributed by atoms with Gasteiger partial charge in [-0.1, -0.05) is 6.07 Å². The molecule has 0 saturated carbocycles. The van der Waals surface area contributed by atoms with Gasteiger partial charge >= 0.3 is 11.9 Å². The van der Waals surface area contributed by atoms with Crippen molar-refractivity contribution in [3.05, 3.63) is 34.3 Å². The third-order valence-electron chi connectivity index (χ3n) is 2.54. The van der Waals surface area contributed by atoms with E-state index in [2.05, 4.69) is 15.9 Å². The number of rotatable bonds is 6. The highest BCUT2D eigenvalue weighted by Gasteiger charge is 2.28. The van der Waals surface area contributed by atoms with Crippen molar-refractivity contribution in [3.63, 3.8) is 0 Å². The first-order valence-corrected chi connectivity index (χ1v) is 6.58. The van der Waals surface area contributed by atoms with E-state index in [1.54, 1.807) is 32.0 Å². The van der Waals surface area contributed by atoms with Crippen LogP contribution in [-0.4, -0.2) is 28.8 Å². The van der Waals surface area contributed by atoms with Gasteiger partial charge in [0.15, 0.2) is 0 Å². The predicted molar refractivity (Wildman–Crippen MR) is 77.7 cm³/mol. The molecule has 5 nitrogen and oxygen atoms in total. The lowest BCUT2D eigenvalue weighted by Gasteiger charge is -2.20. The highest BCUT2D eigenvalue weighted by atomic mass is 79.9. The first-order valence-electron chi connectivity index (χ1n) is 5.79. The molecule has 1 aromatic carbocycles. The molecular formula is C14H15BrO5. The molecule has 0 saturated heterocycles. The second-order valence-corrected chi connectivity index (χ2v) is 5.69. The number of halogens is 1. The Morgan fingerprint density at radius 3 is 2.50 bits per heavy atom. The van der Waals surface area contributed by atoms with E-state index in [0.717, 1.165) is 6.08 Å².